The molecular formula is C21H22ClN3O3S. The van der Waals surface area contributed by atoms with Gasteiger partial charge in [-0.05, 0) is 43.4 Å². The maximum Gasteiger partial charge on any atom is 0.233 e. The van der Waals surface area contributed by atoms with Crippen LogP contribution >= 0.6 is 23.8 Å². The summed E-state index contributed by atoms with van der Waals surface area (Å²) in [5, 5.41) is 4.40. The number of hydrogen-bond acceptors (Lipinski definition) is 4. The van der Waals surface area contributed by atoms with E-state index in [1.807, 2.05) is 42.2 Å². The van der Waals surface area contributed by atoms with Crippen LogP contribution in [0.3, 0.4) is 0 Å². The molecule has 152 valence electrons. The van der Waals surface area contributed by atoms with Gasteiger partial charge in [0.05, 0.1) is 13.2 Å². The number of carbonyl (C=O) groups excluding carboxylic acids is 1. The molecule has 2 aromatic carbocycles. The summed E-state index contributed by atoms with van der Waals surface area (Å²) in [5.41, 5.74) is 0.502. The van der Waals surface area contributed by atoms with Crippen molar-refractivity contribution in [3.8, 4) is 11.5 Å². The molecule has 4 rings (SSSR count). The van der Waals surface area contributed by atoms with Gasteiger partial charge in [0.15, 0.2) is 22.3 Å². The Balaban J connectivity index is 1.95. The van der Waals surface area contributed by atoms with Crippen molar-refractivity contribution in [2.24, 2.45) is 5.92 Å². The van der Waals surface area contributed by atoms with E-state index in [9.17, 15) is 4.79 Å². The van der Waals surface area contributed by atoms with Gasteiger partial charge >= 0.3 is 0 Å². The molecule has 2 aliphatic heterocycles. The van der Waals surface area contributed by atoms with Gasteiger partial charge in [-0.1, -0.05) is 29.8 Å². The molecule has 2 bridgehead atoms. The highest BCUT2D eigenvalue weighted by Gasteiger charge is 2.59. The van der Waals surface area contributed by atoms with Crippen molar-refractivity contribution in [2.45, 2.75) is 18.7 Å². The lowest BCUT2D eigenvalue weighted by Crippen LogP contribution is -2.72. The van der Waals surface area contributed by atoms with Crippen LogP contribution in [-0.2, 0) is 4.79 Å². The predicted octanol–water partition coefficient (Wildman–Crippen LogP) is 3.60. The molecule has 2 aromatic rings. The third-order valence-electron chi connectivity index (χ3n) is 5.48. The molecule has 2 aliphatic rings. The Kier molecular flexibility index (Phi) is 4.83. The highest BCUT2D eigenvalue weighted by Crippen LogP contribution is 2.52. The molecule has 0 aliphatic carbocycles. The van der Waals surface area contributed by atoms with E-state index < -0.39 is 11.6 Å². The van der Waals surface area contributed by atoms with Crippen molar-refractivity contribution in [1.82, 2.24) is 10.2 Å². The summed E-state index contributed by atoms with van der Waals surface area (Å²) < 4.78 is 12.1. The van der Waals surface area contributed by atoms with Crippen LogP contribution in [0.5, 0.6) is 11.5 Å². The Labute approximate surface area is 180 Å². The van der Waals surface area contributed by atoms with E-state index in [1.165, 1.54) is 0 Å². The predicted molar refractivity (Wildman–Crippen MR) is 117 cm³/mol. The number of methoxy groups -OCH3 is 1. The Morgan fingerprint density at radius 2 is 2.03 bits per heavy atom. The Morgan fingerprint density at radius 1 is 1.31 bits per heavy atom. The Bertz CT molecular complexity index is 999. The van der Waals surface area contributed by atoms with Crippen molar-refractivity contribution < 1.29 is 14.3 Å². The standard InChI is InChI=1S/C21H22ClN3O3S/c1-21-16(19(26)24(2)3)17(14-9-6-10-15(27-4)18(14)28-21)23-20(29)25(21)13-8-5-7-12(22)11-13/h5-11,16-17H,1-4H3,(H,23,29)/t16-,17-,21-/m0/s1. The molecule has 1 amide bonds. The van der Waals surface area contributed by atoms with Gasteiger partial charge in [-0.2, -0.15) is 0 Å². The molecule has 3 atom stereocenters. The molecule has 0 radical (unpaired) electrons. The summed E-state index contributed by atoms with van der Waals surface area (Å²) in [4.78, 5) is 16.7. The SMILES string of the molecule is COc1cccc2c1O[C@@]1(C)[C@H](C(=O)N(C)C)[C@H]2NC(=S)N1c1cccc(Cl)c1. The normalized spacial score (nSPS) is 24.9. The highest BCUT2D eigenvalue weighted by molar-refractivity contribution is 7.80. The van der Waals surface area contributed by atoms with Gasteiger partial charge in [-0.25, -0.2) is 0 Å². The molecular weight excluding hydrogens is 410 g/mol. The zero-order valence-corrected chi connectivity index (χ0v) is 18.2. The van der Waals surface area contributed by atoms with Crippen LogP contribution in [0.1, 0.15) is 18.5 Å². The Morgan fingerprint density at radius 3 is 2.69 bits per heavy atom. The van der Waals surface area contributed by atoms with Crippen molar-refractivity contribution in [3.05, 3.63) is 53.1 Å². The van der Waals surface area contributed by atoms with E-state index in [0.29, 0.717) is 21.6 Å². The highest BCUT2D eigenvalue weighted by atomic mass is 35.5. The summed E-state index contributed by atoms with van der Waals surface area (Å²) in [6, 6.07) is 12.6. The maximum absolute atomic E-state index is 13.3. The lowest BCUT2D eigenvalue weighted by atomic mass is 9.78. The second kappa shape index (κ2) is 7.07. The molecule has 0 unspecified atom stereocenters. The summed E-state index contributed by atoms with van der Waals surface area (Å²) in [7, 11) is 5.08. The number of ether oxygens (including phenoxy) is 2. The number of amides is 1. The summed E-state index contributed by atoms with van der Waals surface area (Å²) >= 11 is 12.0. The molecule has 1 saturated heterocycles. The number of benzene rings is 2. The van der Waals surface area contributed by atoms with Gasteiger partial charge in [-0.3, -0.25) is 9.69 Å². The molecule has 8 heteroatoms. The van der Waals surface area contributed by atoms with Crippen LogP contribution in [0, 0.1) is 5.92 Å². The second-order valence-electron chi connectivity index (χ2n) is 7.49. The van der Waals surface area contributed by atoms with Gasteiger partial charge in [-0.15, -0.1) is 0 Å². The van der Waals surface area contributed by atoms with E-state index in [1.54, 1.807) is 38.2 Å². The number of para-hydroxylation sites is 1. The van der Waals surface area contributed by atoms with E-state index in [4.69, 9.17) is 33.3 Å². The summed E-state index contributed by atoms with van der Waals surface area (Å²) in [6.07, 6.45) is 0. The number of thiocarbonyl (C=S) groups is 1. The molecule has 0 spiro atoms. The lowest BCUT2D eigenvalue weighted by molar-refractivity contribution is -0.144. The first-order chi connectivity index (χ1) is 13.8. The van der Waals surface area contributed by atoms with E-state index in [-0.39, 0.29) is 11.9 Å². The zero-order valence-electron chi connectivity index (χ0n) is 16.6. The van der Waals surface area contributed by atoms with Crippen molar-refractivity contribution in [2.75, 3.05) is 26.1 Å². The molecule has 0 saturated carbocycles. The lowest BCUT2D eigenvalue weighted by Gasteiger charge is -2.56. The minimum absolute atomic E-state index is 0.0620. The van der Waals surface area contributed by atoms with Crippen LogP contribution in [0.2, 0.25) is 5.02 Å². The number of fused-ring (bicyclic) bond motifs is 4. The summed E-state index contributed by atoms with van der Waals surface area (Å²) in [6.45, 7) is 1.88. The first kappa shape index (κ1) is 19.8. The van der Waals surface area contributed by atoms with Crippen LogP contribution < -0.4 is 19.7 Å². The van der Waals surface area contributed by atoms with Crippen LogP contribution in [0.4, 0.5) is 5.69 Å². The number of nitrogens with one attached hydrogen (secondary N) is 1. The number of carbonyl (C=O) groups is 1. The van der Waals surface area contributed by atoms with Crippen molar-refractivity contribution in [1.29, 1.82) is 0 Å². The fourth-order valence-electron chi connectivity index (χ4n) is 4.19. The molecule has 29 heavy (non-hydrogen) atoms. The second-order valence-corrected chi connectivity index (χ2v) is 8.31. The van der Waals surface area contributed by atoms with Crippen LogP contribution in [-0.4, -0.2) is 42.8 Å². The molecule has 1 fully saturated rings. The molecule has 6 nitrogen and oxygen atoms in total. The van der Waals surface area contributed by atoms with Gasteiger partial charge in [0.1, 0.15) is 5.92 Å². The van der Waals surface area contributed by atoms with E-state index in [0.717, 1.165) is 11.3 Å². The monoisotopic (exact) mass is 431 g/mol. The van der Waals surface area contributed by atoms with Crippen LogP contribution in [0.15, 0.2) is 42.5 Å². The van der Waals surface area contributed by atoms with Gasteiger partial charge < -0.3 is 19.7 Å². The van der Waals surface area contributed by atoms with Gasteiger partial charge in [0.25, 0.3) is 0 Å². The number of anilines is 1. The smallest absolute Gasteiger partial charge is 0.233 e. The average molecular weight is 432 g/mol. The fourth-order valence-corrected chi connectivity index (χ4v) is 4.79. The number of nitrogens with zero attached hydrogens (tertiary/aromatic N) is 2. The number of halogens is 1. The molecule has 0 aromatic heterocycles. The van der Waals surface area contributed by atoms with Crippen molar-refractivity contribution in [3.63, 3.8) is 0 Å². The number of rotatable bonds is 3. The maximum atomic E-state index is 13.3. The molecule has 1 N–H and O–H groups in total. The molecule has 2 heterocycles. The fraction of sp³-hybridized carbons (Fsp3) is 0.333. The minimum atomic E-state index is -1.08. The number of hydrogen-bond donors (Lipinski definition) is 1. The van der Waals surface area contributed by atoms with Gasteiger partial charge in [0.2, 0.25) is 5.91 Å². The largest absolute Gasteiger partial charge is 0.493 e. The first-order valence-electron chi connectivity index (χ1n) is 9.21. The topological polar surface area (TPSA) is 54.0 Å². The van der Waals surface area contributed by atoms with Crippen LogP contribution in [0.25, 0.3) is 0 Å². The average Bonchev–Trinajstić information content (AvgIpc) is 2.66. The minimum Gasteiger partial charge on any atom is -0.493 e. The van der Waals surface area contributed by atoms with Crippen molar-refractivity contribution >= 4 is 40.5 Å². The van der Waals surface area contributed by atoms with E-state index in [2.05, 4.69) is 5.32 Å². The quantitative estimate of drug-likeness (QED) is 0.749. The first-order valence-corrected chi connectivity index (χ1v) is 10.00. The van der Waals surface area contributed by atoms with E-state index >= 15 is 0 Å². The zero-order chi connectivity index (χ0) is 20.9. The summed E-state index contributed by atoms with van der Waals surface area (Å²) in [5.74, 6) is 0.596. The third-order valence-corrected chi connectivity index (χ3v) is 6.02. The Hall–Kier alpha value is -2.51. The van der Waals surface area contributed by atoms with Gasteiger partial charge in [0, 0.05) is 30.4 Å². The third kappa shape index (κ3) is 3.00.